The molecule has 0 amide bonds. The molecule has 0 fully saturated rings. The first-order chi connectivity index (χ1) is 9.88. The van der Waals surface area contributed by atoms with E-state index >= 15 is 0 Å². The van der Waals surface area contributed by atoms with Crippen LogP contribution in [0, 0.1) is 0 Å². The van der Waals surface area contributed by atoms with Gasteiger partial charge in [0.2, 0.25) is 0 Å². The fraction of sp³-hybridized carbons (Fsp3) is 0.214. The van der Waals surface area contributed by atoms with Gasteiger partial charge in [-0.3, -0.25) is 0 Å². The van der Waals surface area contributed by atoms with Crippen LogP contribution in [0.25, 0.3) is 0 Å². The van der Waals surface area contributed by atoms with Crippen LogP contribution < -0.4 is 15.8 Å². The Kier molecular flexibility index (Phi) is 4.21. The van der Waals surface area contributed by atoms with Gasteiger partial charge < -0.3 is 15.8 Å². The first kappa shape index (κ1) is 15.0. The number of rotatable bonds is 4. The molecule has 0 atom stereocenters. The normalized spacial score (nSPS) is 11.2. The van der Waals surface area contributed by atoms with E-state index in [0.717, 1.165) is 17.7 Å². The number of hydrogen-bond acceptors (Lipinski definition) is 4. The van der Waals surface area contributed by atoms with E-state index in [1.165, 1.54) is 0 Å². The van der Waals surface area contributed by atoms with Crippen LogP contribution in [0.1, 0.15) is 11.1 Å². The van der Waals surface area contributed by atoms with Gasteiger partial charge in [-0.15, -0.1) is 0 Å². The van der Waals surface area contributed by atoms with Crippen LogP contribution in [0.4, 0.5) is 24.8 Å². The SMILES string of the molecule is COc1ccc(CNc2cc(C(F)(F)F)cc(N)n2)cc1. The summed E-state index contributed by atoms with van der Waals surface area (Å²) in [5.74, 6) is 0.611. The van der Waals surface area contributed by atoms with Crippen molar-refractivity contribution < 1.29 is 17.9 Å². The third-order valence-corrected chi connectivity index (χ3v) is 2.81. The van der Waals surface area contributed by atoms with Gasteiger partial charge in [0.15, 0.2) is 0 Å². The van der Waals surface area contributed by atoms with E-state index in [4.69, 9.17) is 10.5 Å². The number of pyridine rings is 1. The predicted molar refractivity (Wildman–Crippen MR) is 74.0 cm³/mol. The summed E-state index contributed by atoms with van der Waals surface area (Å²) in [6.45, 7) is 0.331. The summed E-state index contributed by atoms with van der Waals surface area (Å²) in [6, 6.07) is 8.89. The van der Waals surface area contributed by atoms with Crippen molar-refractivity contribution in [3.63, 3.8) is 0 Å². The molecule has 0 saturated heterocycles. The number of anilines is 2. The molecule has 0 aliphatic heterocycles. The maximum absolute atomic E-state index is 12.7. The monoisotopic (exact) mass is 297 g/mol. The highest BCUT2D eigenvalue weighted by molar-refractivity contribution is 5.47. The fourth-order valence-corrected chi connectivity index (χ4v) is 1.74. The molecular weight excluding hydrogens is 283 g/mol. The molecule has 1 aromatic carbocycles. The first-order valence-corrected chi connectivity index (χ1v) is 6.10. The average Bonchev–Trinajstić information content (AvgIpc) is 2.44. The molecule has 7 heteroatoms. The van der Waals surface area contributed by atoms with E-state index in [1.807, 2.05) is 12.1 Å². The second-order valence-electron chi connectivity index (χ2n) is 4.37. The van der Waals surface area contributed by atoms with Crippen molar-refractivity contribution >= 4 is 11.6 Å². The van der Waals surface area contributed by atoms with E-state index in [2.05, 4.69) is 10.3 Å². The number of alkyl halides is 3. The summed E-state index contributed by atoms with van der Waals surface area (Å²) in [5, 5.41) is 2.82. The van der Waals surface area contributed by atoms with Crippen LogP contribution in [0.2, 0.25) is 0 Å². The van der Waals surface area contributed by atoms with Gasteiger partial charge in [0.25, 0.3) is 0 Å². The molecule has 0 aliphatic carbocycles. The Hall–Kier alpha value is -2.44. The smallest absolute Gasteiger partial charge is 0.416 e. The molecule has 112 valence electrons. The molecule has 0 spiro atoms. The Morgan fingerprint density at radius 1 is 1.19 bits per heavy atom. The second kappa shape index (κ2) is 5.90. The third-order valence-electron chi connectivity index (χ3n) is 2.81. The number of halogens is 3. The summed E-state index contributed by atoms with van der Waals surface area (Å²) in [5.41, 5.74) is 5.45. The lowest BCUT2D eigenvalue weighted by atomic mass is 10.2. The molecule has 2 rings (SSSR count). The van der Waals surface area contributed by atoms with E-state index in [-0.39, 0.29) is 11.6 Å². The number of benzene rings is 1. The van der Waals surface area contributed by atoms with E-state index in [0.29, 0.717) is 12.3 Å². The van der Waals surface area contributed by atoms with Crippen LogP contribution >= 0.6 is 0 Å². The van der Waals surface area contributed by atoms with Gasteiger partial charge in [0.1, 0.15) is 17.4 Å². The van der Waals surface area contributed by atoms with Crippen molar-refractivity contribution in [3.05, 3.63) is 47.5 Å². The fourth-order valence-electron chi connectivity index (χ4n) is 1.74. The maximum atomic E-state index is 12.7. The number of hydrogen-bond donors (Lipinski definition) is 2. The Labute approximate surface area is 119 Å². The van der Waals surface area contributed by atoms with Crippen molar-refractivity contribution in [1.29, 1.82) is 0 Å². The number of nitrogen functional groups attached to an aromatic ring is 1. The van der Waals surface area contributed by atoms with Crippen LogP contribution in [0.15, 0.2) is 36.4 Å². The maximum Gasteiger partial charge on any atom is 0.416 e. The first-order valence-electron chi connectivity index (χ1n) is 6.10. The molecule has 21 heavy (non-hydrogen) atoms. The number of ether oxygens (including phenoxy) is 1. The van der Waals surface area contributed by atoms with Crippen LogP contribution in [-0.4, -0.2) is 12.1 Å². The third kappa shape index (κ3) is 4.01. The van der Waals surface area contributed by atoms with Gasteiger partial charge >= 0.3 is 6.18 Å². The van der Waals surface area contributed by atoms with Crippen molar-refractivity contribution in [1.82, 2.24) is 4.98 Å². The number of nitrogens with zero attached hydrogens (tertiary/aromatic N) is 1. The summed E-state index contributed by atoms with van der Waals surface area (Å²) >= 11 is 0. The largest absolute Gasteiger partial charge is 0.497 e. The number of methoxy groups -OCH3 is 1. The number of aromatic nitrogens is 1. The Balaban J connectivity index is 2.10. The molecular formula is C14H14F3N3O. The zero-order valence-corrected chi connectivity index (χ0v) is 11.2. The molecule has 0 unspecified atom stereocenters. The Morgan fingerprint density at radius 3 is 2.43 bits per heavy atom. The summed E-state index contributed by atoms with van der Waals surface area (Å²) in [7, 11) is 1.56. The lowest BCUT2D eigenvalue weighted by Gasteiger charge is -2.11. The van der Waals surface area contributed by atoms with Crippen molar-refractivity contribution in [2.24, 2.45) is 0 Å². The lowest BCUT2D eigenvalue weighted by Crippen LogP contribution is -2.09. The van der Waals surface area contributed by atoms with Crippen molar-refractivity contribution in [2.45, 2.75) is 12.7 Å². The number of nitrogens with one attached hydrogen (secondary N) is 1. The molecule has 0 bridgehead atoms. The highest BCUT2D eigenvalue weighted by Gasteiger charge is 2.31. The minimum absolute atomic E-state index is 0.0816. The minimum atomic E-state index is -4.45. The van der Waals surface area contributed by atoms with E-state index in [9.17, 15) is 13.2 Å². The van der Waals surface area contributed by atoms with Crippen LogP contribution in [-0.2, 0) is 12.7 Å². The molecule has 0 aliphatic rings. The molecule has 4 nitrogen and oxygen atoms in total. The van der Waals surface area contributed by atoms with Crippen molar-refractivity contribution in [2.75, 3.05) is 18.2 Å². The summed E-state index contributed by atoms with van der Waals surface area (Å²) in [4.78, 5) is 3.84. The highest BCUT2D eigenvalue weighted by Crippen LogP contribution is 2.31. The minimum Gasteiger partial charge on any atom is -0.497 e. The van der Waals surface area contributed by atoms with E-state index in [1.54, 1.807) is 19.2 Å². The Bertz CT molecular complexity index is 612. The van der Waals surface area contributed by atoms with Gasteiger partial charge in [-0.2, -0.15) is 13.2 Å². The lowest BCUT2D eigenvalue weighted by molar-refractivity contribution is -0.137. The molecule has 1 aromatic heterocycles. The topological polar surface area (TPSA) is 60.2 Å². The van der Waals surface area contributed by atoms with Crippen LogP contribution in [0.5, 0.6) is 5.75 Å². The van der Waals surface area contributed by atoms with Gasteiger partial charge in [0.05, 0.1) is 12.7 Å². The highest BCUT2D eigenvalue weighted by atomic mass is 19.4. The van der Waals surface area contributed by atoms with E-state index < -0.39 is 11.7 Å². The Morgan fingerprint density at radius 2 is 1.86 bits per heavy atom. The summed E-state index contributed by atoms with van der Waals surface area (Å²) < 4.78 is 43.0. The zero-order valence-electron chi connectivity index (χ0n) is 11.2. The van der Waals surface area contributed by atoms with Gasteiger partial charge in [-0.25, -0.2) is 4.98 Å². The molecule has 0 saturated carbocycles. The number of nitrogens with two attached hydrogens (primary N) is 1. The van der Waals surface area contributed by atoms with Gasteiger partial charge in [0, 0.05) is 6.54 Å². The quantitative estimate of drug-likeness (QED) is 0.909. The molecule has 2 aromatic rings. The molecule has 3 N–H and O–H groups in total. The zero-order chi connectivity index (χ0) is 15.5. The summed E-state index contributed by atoms with van der Waals surface area (Å²) in [6.07, 6.45) is -4.45. The van der Waals surface area contributed by atoms with Crippen molar-refractivity contribution in [3.8, 4) is 5.75 Å². The van der Waals surface area contributed by atoms with Crippen LogP contribution in [0.3, 0.4) is 0 Å². The second-order valence-corrected chi connectivity index (χ2v) is 4.37. The molecule has 1 heterocycles. The van der Waals surface area contributed by atoms with Gasteiger partial charge in [-0.1, -0.05) is 12.1 Å². The standard InChI is InChI=1S/C14H14F3N3O/c1-21-11-4-2-9(3-5-11)8-19-13-7-10(14(15,16)17)6-12(18)20-13/h2-7H,8H2,1H3,(H3,18,19,20). The average molecular weight is 297 g/mol. The van der Waals surface area contributed by atoms with Gasteiger partial charge in [-0.05, 0) is 29.8 Å². The molecule has 0 radical (unpaired) electrons. The predicted octanol–water partition coefficient (Wildman–Crippen LogP) is 3.30.